The number of rotatable bonds is 3. The van der Waals surface area contributed by atoms with Gasteiger partial charge in [-0.25, -0.2) is 4.98 Å². The lowest BCUT2D eigenvalue weighted by Gasteiger charge is -2.12. The molecular formula is C12H14N2O3S. The molecule has 1 aromatic heterocycles. The quantitative estimate of drug-likeness (QED) is 0.839. The molecule has 18 heavy (non-hydrogen) atoms. The highest BCUT2D eigenvalue weighted by Crippen LogP contribution is 2.17. The average molecular weight is 266 g/mol. The van der Waals surface area contributed by atoms with E-state index in [-0.39, 0.29) is 5.91 Å². The van der Waals surface area contributed by atoms with Gasteiger partial charge in [-0.15, -0.1) is 11.3 Å². The van der Waals surface area contributed by atoms with Crippen LogP contribution in [0, 0.1) is 12.8 Å². The minimum Gasteiger partial charge on any atom is -0.481 e. The molecule has 96 valence electrons. The van der Waals surface area contributed by atoms with Crippen LogP contribution in [0.15, 0.2) is 11.5 Å². The summed E-state index contributed by atoms with van der Waals surface area (Å²) in [4.78, 5) is 28.4. The maximum absolute atomic E-state index is 11.8. The van der Waals surface area contributed by atoms with Crippen LogP contribution in [0.5, 0.6) is 0 Å². The molecule has 1 atom stereocenters. The Labute approximate surface area is 109 Å². The van der Waals surface area contributed by atoms with E-state index in [9.17, 15) is 9.59 Å². The largest absolute Gasteiger partial charge is 0.481 e. The van der Waals surface area contributed by atoms with E-state index >= 15 is 0 Å². The van der Waals surface area contributed by atoms with E-state index < -0.39 is 11.9 Å². The van der Waals surface area contributed by atoms with Crippen LogP contribution in [0.25, 0.3) is 6.08 Å². The summed E-state index contributed by atoms with van der Waals surface area (Å²) in [6.07, 6.45) is 3.66. The molecule has 0 spiro atoms. The van der Waals surface area contributed by atoms with Crippen LogP contribution >= 0.6 is 11.3 Å². The van der Waals surface area contributed by atoms with E-state index in [1.54, 1.807) is 11.0 Å². The van der Waals surface area contributed by atoms with Crippen molar-refractivity contribution in [1.29, 1.82) is 0 Å². The summed E-state index contributed by atoms with van der Waals surface area (Å²) in [7, 11) is 0. The molecule has 5 nitrogen and oxygen atoms in total. The fourth-order valence-electron chi connectivity index (χ4n) is 1.88. The van der Waals surface area contributed by atoms with Gasteiger partial charge in [0, 0.05) is 24.5 Å². The number of carbonyl (C=O) groups is 2. The fourth-order valence-corrected chi connectivity index (χ4v) is 2.46. The summed E-state index contributed by atoms with van der Waals surface area (Å²) in [5.41, 5.74) is 0.764. The Balaban J connectivity index is 1.93. The van der Waals surface area contributed by atoms with Crippen LogP contribution in [0.1, 0.15) is 17.1 Å². The number of aryl methyl sites for hydroxylation is 1. The fraction of sp³-hybridized carbons (Fsp3) is 0.417. The second-order valence-electron chi connectivity index (χ2n) is 4.23. The van der Waals surface area contributed by atoms with Crippen molar-refractivity contribution in [2.45, 2.75) is 13.3 Å². The number of carbonyl (C=O) groups excluding carboxylic acids is 1. The third-order valence-electron chi connectivity index (χ3n) is 2.88. The Hall–Kier alpha value is -1.69. The third-order valence-corrected chi connectivity index (χ3v) is 3.67. The maximum Gasteiger partial charge on any atom is 0.308 e. The van der Waals surface area contributed by atoms with Gasteiger partial charge in [-0.3, -0.25) is 9.59 Å². The molecule has 1 fully saturated rings. The first-order valence-electron chi connectivity index (χ1n) is 5.68. The number of aromatic nitrogens is 1. The number of amides is 1. The molecule has 1 N–H and O–H groups in total. The zero-order chi connectivity index (χ0) is 13.1. The van der Waals surface area contributed by atoms with Gasteiger partial charge in [-0.1, -0.05) is 0 Å². The van der Waals surface area contributed by atoms with Crippen molar-refractivity contribution in [3.05, 3.63) is 22.2 Å². The number of thiazole rings is 1. The van der Waals surface area contributed by atoms with Gasteiger partial charge in [0.15, 0.2) is 0 Å². The van der Waals surface area contributed by atoms with E-state index in [1.165, 1.54) is 17.4 Å². The van der Waals surface area contributed by atoms with E-state index in [0.717, 1.165) is 10.7 Å². The summed E-state index contributed by atoms with van der Waals surface area (Å²) >= 11 is 1.53. The minimum atomic E-state index is -0.829. The minimum absolute atomic E-state index is 0.149. The summed E-state index contributed by atoms with van der Waals surface area (Å²) in [5, 5.41) is 11.7. The van der Waals surface area contributed by atoms with Crippen LogP contribution in [0.4, 0.5) is 0 Å². The highest BCUT2D eigenvalue weighted by Gasteiger charge is 2.29. The maximum atomic E-state index is 11.8. The van der Waals surface area contributed by atoms with Gasteiger partial charge >= 0.3 is 5.97 Å². The molecule has 1 amide bonds. The molecule has 0 aromatic carbocycles. The van der Waals surface area contributed by atoms with Gasteiger partial charge in [0.05, 0.1) is 16.6 Å². The van der Waals surface area contributed by atoms with Crippen molar-refractivity contribution < 1.29 is 14.7 Å². The molecule has 0 radical (unpaired) electrons. The lowest BCUT2D eigenvalue weighted by molar-refractivity contribution is -0.141. The Morgan fingerprint density at radius 1 is 1.61 bits per heavy atom. The summed E-state index contributed by atoms with van der Waals surface area (Å²) in [6, 6.07) is 0. The average Bonchev–Trinajstić information content (AvgIpc) is 2.94. The lowest BCUT2D eigenvalue weighted by Crippen LogP contribution is -2.28. The van der Waals surface area contributed by atoms with Crippen molar-refractivity contribution in [1.82, 2.24) is 9.88 Å². The molecule has 0 bridgehead atoms. The van der Waals surface area contributed by atoms with Crippen molar-refractivity contribution in [3.63, 3.8) is 0 Å². The van der Waals surface area contributed by atoms with Crippen molar-refractivity contribution >= 4 is 29.3 Å². The highest BCUT2D eigenvalue weighted by molar-refractivity contribution is 7.09. The summed E-state index contributed by atoms with van der Waals surface area (Å²) in [6.45, 7) is 2.71. The number of aliphatic carboxylic acids is 1. The van der Waals surface area contributed by atoms with Crippen LogP contribution < -0.4 is 0 Å². The molecule has 1 aliphatic heterocycles. The summed E-state index contributed by atoms with van der Waals surface area (Å²) < 4.78 is 0. The normalized spacial score (nSPS) is 19.6. The Morgan fingerprint density at radius 2 is 2.39 bits per heavy atom. The second-order valence-corrected chi connectivity index (χ2v) is 5.30. The highest BCUT2D eigenvalue weighted by atomic mass is 32.1. The first-order valence-corrected chi connectivity index (χ1v) is 6.56. The van der Waals surface area contributed by atoms with Crippen molar-refractivity contribution in [2.75, 3.05) is 13.1 Å². The summed E-state index contributed by atoms with van der Waals surface area (Å²) in [5.74, 6) is -1.40. The van der Waals surface area contributed by atoms with Gasteiger partial charge < -0.3 is 10.0 Å². The molecule has 6 heteroatoms. The van der Waals surface area contributed by atoms with Crippen molar-refractivity contribution in [3.8, 4) is 0 Å². The first-order chi connectivity index (χ1) is 8.56. The molecule has 0 aliphatic carbocycles. The molecule has 1 saturated heterocycles. The number of hydrogen-bond donors (Lipinski definition) is 1. The van der Waals surface area contributed by atoms with E-state index in [0.29, 0.717) is 19.5 Å². The van der Waals surface area contributed by atoms with Crippen LogP contribution in [-0.2, 0) is 9.59 Å². The SMILES string of the molecule is Cc1nc(/C=C/C(=O)N2CCC(C(=O)O)C2)cs1. The standard InChI is InChI=1S/C12H14N2O3S/c1-8-13-10(7-18-8)2-3-11(15)14-5-4-9(6-14)12(16)17/h2-3,7,9H,4-6H2,1H3,(H,16,17)/b3-2+. The molecule has 1 unspecified atom stereocenters. The third kappa shape index (κ3) is 2.95. The predicted molar refractivity (Wildman–Crippen MR) is 68.2 cm³/mol. The van der Waals surface area contributed by atoms with Gasteiger partial charge in [-0.2, -0.15) is 0 Å². The zero-order valence-electron chi connectivity index (χ0n) is 10.00. The lowest BCUT2D eigenvalue weighted by atomic mass is 10.1. The number of hydrogen-bond acceptors (Lipinski definition) is 4. The smallest absolute Gasteiger partial charge is 0.308 e. The van der Waals surface area contributed by atoms with Crippen molar-refractivity contribution in [2.24, 2.45) is 5.92 Å². The van der Waals surface area contributed by atoms with Gasteiger partial charge in [0.1, 0.15) is 0 Å². The molecule has 0 saturated carbocycles. The predicted octanol–water partition coefficient (Wildman–Crippen LogP) is 1.40. The van der Waals surface area contributed by atoms with Crippen LogP contribution in [0.2, 0.25) is 0 Å². The molecule has 2 rings (SSSR count). The number of nitrogens with zero attached hydrogens (tertiary/aromatic N) is 2. The van der Waals surface area contributed by atoms with Gasteiger partial charge in [0.2, 0.25) is 5.91 Å². The molecule has 1 aliphatic rings. The molecular weight excluding hydrogens is 252 g/mol. The topological polar surface area (TPSA) is 70.5 Å². The van der Waals surface area contributed by atoms with Gasteiger partial charge in [0.25, 0.3) is 0 Å². The van der Waals surface area contributed by atoms with E-state index in [1.807, 2.05) is 12.3 Å². The van der Waals surface area contributed by atoms with Crippen LogP contribution in [-0.4, -0.2) is 40.0 Å². The zero-order valence-corrected chi connectivity index (χ0v) is 10.8. The number of carboxylic acids is 1. The Bertz CT molecular complexity index is 495. The monoisotopic (exact) mass is 266 g/mol. The van der Waals surface area contributed by atoms with E-state index in [4.69, 9.17) is 5.11 Å². The number of likely N-dealkylation sites (tertiary alicyclic amines) is 1. The second kappa shape index (κ2) is 5.30. The number of carboxylic acid groups (broad SMARTS) is 1. The van der Waals surface area contributed by atoms with Gasteiger partial charge in [-0.05, 0) is 19.4 Å². The first kappa shape index (κ1) is 12.8. The van der Waals surface area contributed by atoms with E-state index in [2.05, 4.69) is 4.98 Å². The Morgan fingerprint density at radius 3 is 2.94 bits per heavy atom. The molecule has 1 aromatic rings. The molecule has 2 heterocycles. The Kier molecular flexibility index (Phi) is 3.76. The van der Waals surface area contributed by atoms with Crippen LogP contribution in [0.3, 0.4) is 0 Å².